The highest BCUT2D eigenvalue weighted by atomic mass is 16.4. The van der Waals surface area contributed by atoms with Gasteiger partial charge in [0, 0.05) is 5.56 Å². The number of nitrogens with two attached hydrogens (primary N) is 1. The zero-order valence-electron chi connectivity index (χ0n) is 14.2. The average Bonchev–Trinajstić information content (AvgIpc) is 2.55. The second-order valence-electron chi connectivity index (χ2n) is 5.83. The van der Waals surface area contributed by atoms with Gasteiger partial charge in [0.05, 0.1) is 11.3 Å². The number of aromatic carboxylic acids is 1. The molecule has 0 spiro atoms. The fourth-order valence-corrected chi connectivity index (χ4v) is 2.78. The van der Waals surface area contributed by atoms with Crippen LogP contribution in [0, 0.1) is 20.8 Å². The number of carboxylic acids is 1. The standard InChI is InChI=1S/C19H19NO5/c1-5-11-10(4)16(21)13(19(24)25)7-12(11)17(22)15-9(3)8(2)6-14(20)18(15)23/h5-7,21,23H,1,20H2,2-4H3,(H,24,25). The minimum absolute atomic E-state index is 0.00188. The molecule has 0 aliphatic rings. The van der Waals surface area contributed by atoms with Crippen molar-refractivity contribution in [2.75, 3.05) is 5.73 Å². The van der Waals surface area contributed by atoms with Gasteiger partial charge in [0.15, 0.2) is 5.78 Å². The molecule has 25 heavy (non-hydrogen) atoms. The number of phenols is 2. The summed E-state index contributed by atoms with van der Waals surface area (Å²) in [5, 5.41) is 29.6. The summed E-state index contributed by atoms with van der Waals surface area (Å²) in [5.74, 6) is -2.74. The Balaban J connectivity index is 2.86. The molecule has 0 aromatic heterocycles. The topological polar surface area (TPSA) is 121 Å². The monoisotopic (exact) mass is 341 g/mol. The minimum atomic E-state index is -1.37. The molecule has 0 heterocycles. The van der Waals surface area contributed by atoms with E-state index in [1.54, 1.807) is 19.9 Å². The fraction of sp³-hybridized carbons (Fsp3) is 0.158. The van der Waals surface area contributed by atoms with Crippen LogP contribution in [0.1, 0.15) is 48.5 Å². The van der Waals surface area contributed by atoms with E-state index in [2.05, 4.69) is 6.58 Å². The summed E-state index contributed by atoms with van der Waals surface area (Å²) >= 11 is 0. The van der Waals surface area contributed by atoms with E-state index >= 15 is 0 Å². The van der Waals surface area contributed by atoms with E-state index in [1.807, 2.05) is 0 Å². The van der Waals surface area contributed by atoms with Crippen molar-refractivity contribution in [2.24, 2.45) is 0 Å². The maximum atomic E-state index is 13.1. The Labute approximate surface area is 144 Å². The van der Waals surface area contributed by atoms with Crippen molar-refractivity contribution in [2.45, 2.75) is 20.8 Å². The maximum Gasteiger partial charge on any atom is 0.339 e. The van der Waals surface area contributed by atoms with Crippen LogP contribution >= 0.6 is 0 Å². The SMILES string of the molecule is C=Cc1c(C(=O)c2c(C)c(C)cc(N)c2O)cc(C(=O)O)c(O)c1C. The van der Waals surface area contributed by atoms with Gasteiger partial charge in [-0.05, 0) is 55.2 Å². The van der Waals surface area contributed by atoms with Crippen molar-refractivity contribution in [3.8, 4) is 11.5 Å². The van der Waals surface area contributed by atoms with Gasteiger partial charge in [-0.2, -0.15) is 0 Å². The van der Waals surface area contributed by atoms with Crippen molar-refractivity contribution in [3.63, 3.8) is 0 Å². The van der Waals surface area contributed by atoms with Gasteiger partial charge in [0.1, 0.15) is 17.1 Å². The van der Waals surface area contributed by atoms with Crippen LogP contribution in [0.4, 0.5) is 5.69 Å². The predicted molar refractivity (Wildman–Crippen MR) is 95.3 cm³/mol. The summed E-state index contributed by atoms with van der Waals surface area (Å²) in [6.45, 7) is 8.54. The van der Waals surface area contributed by atoms with Crippen LogP contribution in [0.3, 0.4) is 0 Å². The van der Waals surface area contributed by atoms with Gasteiger partial charge in [0.25, 0.3) is 0 Å². The van der Waals surface area contributed by atoms with E-state index < -0.39 is 23.1 Å². The van der Waals surface area contributed by atoms with Crippen LogP contribution in [-0.4, -0.2) is 27.1 Å². The summed E-state index contributed by atoms with van der Waals surface area (Å²) in [7, 11) is 0. The molecule has 2 aromatic rings. The predicted octanol–water partition coefficient (Wildman–Crippen LogP) is 3.18. The maximum absolute atomic E-state index is 13.1. The number of carbonyl (C=O) groups is 2. The van der Waals surface area contributed by atoms with Crippen LogP contribution in [-0.2, 0) is 0 Å². The third kappa shape index (κ3) is 2.82. The molecule has 0 atom stereocenters. The van der Waals surface area contributed by atoms with Gasteiger partial charge in [0.2, 0.25) is 0 Å². The molecule has 0 saturated heterocycles. The molecule has 0 radical (unpaired) electrons. The van der Waals surface area contributed by atoms with Gasteiger partial charge in [-0.3, -0.25) is 4.79 Å². The Bertz CT molecular complexity index is 902. The first-order valence-electron chi connectivity index (χ1n) is 7.47. The summed E-state index contributed by atoms with van der Waals surface area (Å²) in [5.41, 5.74) is 7.20. The molecule has 0 bridgehead atoms. The van der Waals surface area contributed by atoms with Crippen LogP contribution in [0.25, 0.3) is 6.08 Å². The molecule has 0 amide bonds. The Kier molecular flexibility index (Phi) is 4.56. The minimum Gasteiger partial charge on any atom is -0.507 e. The smallest absolute Gasteiger partial charge is 0.339 e. The Morgan fingerprint density at radius 1 is 1.04 bits per heavy atom. The number of aryl methyl sites for hydroxylation is 1. The molecule has 5 N–H and O–H groups in total. The molecule has 0 fully saturated rings. The number of carbonyl (C=O) groups excluding carboxylic acids is 1. The Hall–Kier alpha value is -3.28. The van der Waals surface area contributed by atoms with Crippen molar-refractivity contribution in [3.05, 3.63) is 57.7 Å². The van der Waals surface area contributed by atoms with E-state index in [9.17, 15) is 24.9 Å². The second-order valence-corrected chi connectivity index (χ2v) is 5.83. The number of hydrogen-bond acceptors (Lipinski definition) is 5. The van der Waals surface area contributed by atoms with Gasteiger partial charge in [-0.15, -0.1) is 0 Å². The molecule has 6 heteroatoms. The van der Waals surface area contributed by atoms with Crippen LogP contribution in [0.2, 0.25) is 0 Å². The lowest BCUT2D eigenvalue weighted by Gasteiger charge is -2.16. The van der Waals surface area contributed by atoms with E-state index in [0.29, 0.717) is 16.7 Å². The van der Waals surface area contributed by atoms with Crippen molar-refractivity contribution in [1.29, 1.82) is 0 Å². The molecule has 130 valence electrons. The van der Waals surface area contributed by atoms with Gasteiger partial charge in [-0.25, -0.2) is 4.79 Å². The van der Waals surface area contributed by atoms with E-state index in [-0.39, 0.29) is 28.1 Å². The Morgan fingerprint density at radius 2 is 1.64 bits per heavy atom. The summed E-state index contributed by atoms with van der Waals surface area (Å²) in [6.07, 6.45) is 1.36. The highest BCUT2D eigenvalue weighted by Gasteiger charge is 2.26. The van der Waals surface area contributed by atoms with Crippen molar-refractivity contribution in [1.82, 2.24) is 0 Å². The first-order valence-corrected chi connectivity index (χ1v) is 7.47. The number of nitrogen functional groups attached to an aromatic ring is 1. The lowest BCUT2D eigenvalue weighted by atomic mass is 9.88. The van der Waals surface area contributed by atoms with E-state index in [0.717, 1.165) is 6.07 Å². The van der Waals surface area contributed by atoms with Crippen LogP contribution < -0.4 is 5.73 Å². The van der Waals surface area contributed by atoms with E-state index in [4.69, 9.17) is 5.73 Å². The molecular formula is C19H19NO5. The first-order chi connectivity index (χ1) is 11.6. The normalized spacial score (nSPS) is 10.5. The number of rotatable bonds is 4. The molecular weight excluding hydrogens is 322 g/mol. The zero-order chi connectivity index (χ0) is 19.0. The summed E-state index contributed by atoms with van der Waals surface area (Å²) in [4.78, 5) is 24.4. The number of anilines is 1. The third-order valence-electron chi connectivity index (χ3n) is 4.35. The number of hydrogen-bond donors (Lipinski definition) is 4. The molecule has 0 unspecified atom stereocenters. The third-order valence-corrected chi connectivity index (χ3v) is 4.35. The molecule has 0 saturated carbocycles. The lowest BCUT2D eigenvalue weighted by molar-refractivity contribution is 0.0693. The molecule has 6 nitrogen and oxygen atoms in total. The molecule has 2 aromatic carbocycles. The largest absolute Gasteiger partial charge is 0.507 e. The quantitative estimate of drug-likeness (QED) is 0.385. The average molecular weight is 341 g/mol. The van der Waals surface area contributed by atoms with E-state index in [1.165, 1.54) is 13.0 Å². The summed E-state index contributed by atoms with van der Waals surface area (Å²) in [6, 6.07) is 2.64. The summed E-state index contributed by atoms with van der Waals surface area (Å²) < 4.78 is 0. The zero-order valence-corrected chi connectivity index (χ0v) is 14.2. The number of aromatic hydroxyl groups is 2. The number of benzene rings is 2. The second kappa shape index (κ2) is 6.32. The highest BCUT2D eigenvalue weighted by Crippen LogP contribution is 2.36. The number of ketones is 1. The van der Waals surface area contributed by atoms with Crippen LogP contribution in [0.5, 0.6) is 11.5 Å². The van der Waals surface area contributed by atoms with Crippen molar-refractivity contribution >= 4 is 23.5 Å². The molecule has 0 aliphatic carbocycles. The fourth-order valence-electron chi connectivity index (χ4n) is 2.78. The van der Waals surface area contributed by atoms with Gasteiger partial charge >= 0.3 is 5.97 Å². The van der Waals surface area contributed by atoms with Gasteiger partial charge < -0.3 is 21.1 Å². The number of carboxylic acid groups (broad SMARTS) is 1. The first kappa shape index (κ1) is 18.1. The Morgan fingerprint density at radius 3 is 2.16 bits per heavy atom. The molecule has 2 rings (SSSR count). The van der Waals surface area contributed by atoms with Crippen LogP contribution in [0.15, 0.2) is 18.7 Å². The molecule has 0 aliphatic heterocycles. The number of phenolic OH excluding ortho intramolecular Hbond substituents is 1. The lowest BCUT2D eigenvalue weighted by Crippen LogP contribution is -2.12. The van der Waals surface area contributed by atoms with Crippen molar-refractivity contribution < 1.29 is 24.9 Å². The highest BCUT2D eigenvalue weighted by molar-refractivity contribution is 6.15. The van der Waals surface area contributed by atoms with Gasteiger partial charge in [-0.1, -0.05) is 12.7 Å².